The van der Waals surface area contributed by atoms with E-state index < -0.39 is 5.91 Å². The summed E-state index contributed by atoms with van der Waals surface area (Å²) in [5, 5.41) is 7.81. The number of rotatable bonds is 3. The average Bonchev–Trinajstić information content (AvgIpc) is 3.29. The molecule has 0 radical (unpaired) electrons. The van der Waals surface area contributed by atoms with Gasteiger partial charge in [-0.05, 0) is 12.5 Å². The number of H-pyrrole nitrogens is 1. The number of ether oxygens (including phenoxy) is 1. The fourth-order valence-corrected chi connectivity index (χ4v) is 2.74. The molecule has 1 aliphatic heterocycles. The molecular formula is C14H12ClN5O3. The molecule has 1 fully saturated rings. The van der Waals surface area contributed by atoms with E-state index in [-0.39, 0.29) is 17.8 Å². The molecule has 3 aromatic rings. The van der Waals surface area contributed by atoms with E-state index in [1.54, 1.807) is 12.4 Å². The quantitative estimate of drug-likeness (QED) is 0.756. The summed E-state index contributed by atoms with van der Waals surface area (Å²) in [5.41, 5.74) is 1.17. The maximum absolute atomic E-state index is 12.1. The Balaban J connectivity index is 1.61. The molecule has 0 aromatic carbocycles. The third-order valence-corrected chi connectivity index (χ3v) is 4.05. The fraction of sp³-hybridized carbons (Fsp3) is 0.286. The van der Waals surface area contributed by atoms with Crippen molar-refractivity contribution in [2.24, 2.45) is 0 Å². The lowest BCUT2D eigenvalue weighted by Gasteiger charge is -2.07. The lowest BCUT2D eigenvalue weighted by molar-refractivity contribution is 0.0886. The molecule has 118 valence electrons. The van der Waals surface area contributed by atoms with Crippen LogP contribution in [0.25, 0.3) is 22.4 Å². The number of halogens is 1. The van der Waals surface area contributed by atoms with E-state index >= 15 is 0 Å². The summed E-state index contributed by atoms with van der Waals surface area (Å²) in [6, 6.07) is 1.78. The van der Waals surface area contributed by atoms with Crippen LogP contribution in [0.2, 0.25) is 5.02 Å². The zero-order valence-corrected chi connectivity index (χ0v) is 12.6. The Bertz CT molecular complexity index is 868. The predicted molar refractivity (Wildman–Crippen MR) is 81.1 cm³/mol. The molecule has 4 heterocycles. The summed E-state index contributed by atoms with van der Waals surface area (Å²) in [7, 11) is 0. The molecule has 2 N–H and O–H groups in total. The lowest BCUT2D eigenvalue weighted by Crippen LogP contribution is -2.35. The molecule has 0 bridgehead atoms. The van der Waals surface area contributed by atoms with Gasteiger partial charge in [-0.15, -0.1) is 0 Å². The van der Waals surface area contributed by atoms with Crippen molar-refractivity contribution in [1.82, 2.24) is 25.4 Å². The topological polar surface area (TPSA) is 106 Å². The molecule has 1 amide bonds. The van der Waals surface area contributed by atoms with Crippen molar-refractivity contribution in [2.45, 2.75) is 12.5 Å². The first-order valence-electron chi connectivity index (χ1n) is 7.06. The van der Waals surface area contributed by atoms with Crippen LogP contribution in [0.5, 0.6) is 0 Å². The number of carbonyl (C=O) groups excluding carboxylic acids is 1. The number of aromatic amines is 1. The highest BCUT2D eigenvalue weighted by molar-refractivity contribution is 6.37. The van der Waals surface area contributed by atoms with Crippen LogP contribution in [0.15, 0.2) is 23.0 Å². The van der Waals surface area contributed by atoms with Crippen molar-refractivity contribution >= 4 is 28.5 Å². The van der Waals surface area contributed by atoms with Crippen LogP contribution in [0.1, 0.15) is 17.1 Å². The highest BCUT2D eigenvalue weighted by atomic mass is 35.5. The van der Waals surface area contributed by atoms with Crippen molar-refractivity contribution in [3.8, 4) is 11.4 Å². The number of pyridine rings is 1. The standard InChI is InChI=1S/C14H12ClN5O3/c15-10-8-1-3-16-11(8)17-5-9(10)12-19-14(23-20-12)13(21)18-7-2-4-22-6-7/h1,3,5,7H,2,4,6H2,(H,16,17)(H,18,21)/t7-/m1/s1. The molecule has 0 aliphatic carbocycles. The van der Waals surface area contributed by atoms with Gasteiger partial charge in [0.05, 0.1) is 23.2 Å². The van der Waals surface area contributed by atoms with Crippen molar-refractivity contribution < 1.29 is 14.1 Å². The van der Waals surface area contributed by atoms with Gasteiger partial charge in [0.1, 0.15) is 5.65 Å². The van der Waals surface area contributed by atoms with Gasteiger partial charge in [-0.1, -0.05) is 16.8 Å². The molecule has 9 heteroatoms. The van der Waals surface area contributed by atoms with E-state index in [1.807, 2.05) is 6.07 Å². The SMILES string of the molecule is O=C(N[C@@H]1CCOC1)c1nc(-c2cnc3[nH]ccc3c2Cl)no1. The van der Waals surface area contributed by atoms with Gasteiger partial charge < -0.3 is 19.6 Å². The maximum atomic E-state index is 12.1. The largest absolute Gasteiger partial charge is 0.379 e. The minimum absolute atomic E-state index is 0.0284. The second kappa shape index (κ2) is 5.64. The second-order valence-electron chi connectivity index (χ2n) is 5.18. The molecule has 1 atom stereocenters. The van der Waals surface area contributed by atoms with Crippen LogP contribution in [0.3, 0.4) is 0 Å². The third kappa shape index (κ3) is 2.55. The maximum Gasteiger partial charge on any atom is 0.316 e. The van der Waals surface area contributed by atoms with Crippen LogP contribution in [0.4, 0.5) is 0 Å². The molecule has 0 unspecified atom stereocenters. The van der Waals surface area contributed by atoms with Crippen LogP contribution in [0, 0.1) is 0 Å². The van der Waals surface area contributed by atoms with Crippen LogP contribution in [-0.4, -0.2) is 45.3 Å². The number of carbonyl (C=O) groups is 1. The fourth-order valence-electron chi connectivity index (χ4n) is 2.45. The molecule has 1 aliphatic rings. The van der Waals surface area contributed by atoms with Gasteiger partial charge in [-0.2, -0.15) is 4.98 Å². The summed E-state index contributed by atoms with van der Waals surface area (Å²) >= 11 is 6.35. The minimum atomic E-state index is -0.425. The van der Waals surface area contributed by atoms with Crippen molar-refractivity contribution in [3.63, 3.8) is 0 Å². The van der Waals surface area contributed by atoms with Crippen LogP contribution >= 0.6 is 11.6 Å². The van der Waals surface area contributed by atoms with E-state index in [4.69, 9.17) is 20.9 Å². The number of hydrogen-bond donors (Lipinski definition) is 2. The first-order valence-corrected chi connectivity index (χ1v) is 7.44. The van der Waals surface area contributed by atoms with Crippen molar-refractivity contribution in [2.75, 3.05) is 13.2 Å². The van der Waals surface area contributed by atoms with E-state index in [0.717, 1.165) is 11.8 Å². The number of nitrogens with one attached hydrogen (secondary N) is 2. The zero-order chi connectivity index (χ0) is 15.8. The lowest BCUT2D eigenvalue weighted by atomic mass is 10.2. The Morgan fingerprint density at radius 2 is 2.39 bits per heavy atom. The molecule has 4 rings (SSSR count). The normalized spacial score (nSPS) is 17.7. The van der Waals surface area contributed by atoms with Crippen molar-refractivity contribution in [3.05, 3.63) is 29.4 Å². The highest BCUT2D eigenvalue weighted by Gasteiger charge is 2.23. The van der Waals surface area contributed by atoms with Crippen LogP contribution < -0.4 is 5.32 Å². The number of fused-ring (bicyclic) bond motifs is 1. The van der Waals surface area contributed by atoms with E-state index in [2.05, 4.69) is 25.4 Å². The van der Waals surface area contributed by atoms with Gasteiger partial charge in [0.15, 0.2) is 0 Å². The molecular weight excluding hydrogens is 322 g/mol. The van der Waals surface area contributed by atoms with Gasteiger partial charge in [-0.3, -0.25) is 4.79 Å². The van der Waals surface area contributed by atoms with Gasteiger partial charge in [0.25, 0.3) is 0 Å². The second-order valence-corrected chi connectivity index (χ2v) is 5.56. The number of aromatic nitrogens is 4. The van der Waals surface area contributed by atoms with Gasteiger partial charge >= 0.3 is 11.8 Å². The predicted octanol–water partition coefficient (Wildman–Crippen LogP) is 1.79. The first kappa shape index (κ1) is 14.2. The molecule has 0 saturated carbocycles. The summed E-state index contributed by atoms with van der Waals surface area (Å²) in [5.74, 6) is -0.318. The van der Waals surface area contributed by atoms with E-state index in [9.17, 15) is 4.79 Å². The number of hydrogen-bond acceptors (Lipinski definition) is 6. The van der Waals surface area contributed by atoms with Gasteiger partial charge in [0, 0.05) is 24.4 Å². The Kier molecular flexibility index (Phi) is 3.47. The molecule has 3 aromatic heterocycles. The Morgan fingerprint density at radius 1 is 1.48 bits per heavy atom. The zero-order valence-electron chi connectivity index (χ0n) is 11.9. The highest BCUT2D eigenvalue weighted by Crippen LogP contribution is 2.31. The summed E-state index contributed by atoms with van der Waals surface area (Å²) in [4.78, 5) is 23.4. The van der Waals surface area contributed by atoms with Crippen LogP contribution in [-0.2, 0) is 4.74 Å². The van der Waals surface area contributed by atoms with Crippen molar-refractivity contribution in [1.29, 1.82) is 0 Å². The summed E-state index contributed by atoms with van der Waals surface area (Å²) in [6.45, 7) is 1.13. The minimum Gasteiger partial charge on any atom is -0.379 e. The van der Waals surface area contributed by atoms with E-state index in [0.29, 0.717) is 29.4 Å². The number of nitrogens with zero attached hydrogens (tertiary/aromatic N) is 3. The smallest absolute Gasteiger partial charge is 0.316 e. The first-order chi connectivity index (χ1) is 11.2. The molecule has 8 nitrogen and oxygen atoms in total. The number of amides is 1. The molecule has 0 spiro atoms. The monoisotopic (exact) mass is 333 g/mol. The molecule has 23 heavy (non-hydrogen) atoms. The summed E-state index contributed by atoms with van der Waals surface area (Å²) < 4.78 is 10.2. The van der Waals surface area contributed by atoms with Gasteiger partial charge in [-0.25, -0.2) is 4.98 Å². The Morgan fingerprint density at radius 3 is 3.22 bits per heavy atom. The van der Waals surface area contributed by atoms with Gasteiger partial charge in [0.2, 0.25) is 5.82 Å². The summed E-state index contributed by atoms with van der Waals surface area (Å²) in [6.07, 6.45) is 4.05. The Labute approximate surface area is 135 Å². The Hall–Kier alpha value is -2.45. The average molecular weight is 334 g/mol. The third-order valence-electron chi connectivity index (χ3n) is 3.65. The van der Waals surface area contributed by atoms with E-state index in [1.165, 1.54) is 0 Å². The molecule has 1 saturated heterocycles.